The van der Waals surface area contributed by atoms with E-state index in [0.29, 0.717) is 6.54 Å². The van der Waals surface area contributed by atoms with E-state index in [-0.39, 0.29) is 43.4 Å². The monoisotopic (exact) mass is 327 g/mol. The Labute approximate surface area is 136 Å². The van der Waals surface area contributed by atoms with Crippen LogP contribution in [0.25, 0.3) is 0 Å². The van der Waals surface area contributed by atoms with Gasteiger partial charge in [0, 0.05) is 6.54 Å². The Morgan fingerprint density at radius 3 is 2.91 bits per heavy atom. The number of ether oxygens (including phenoxy) is 1. The molecule has 2 amide bonds. The lowest BCUT2D eigenvalue weighted by Gasteiger charge is -2.25. The van der Waals surface area contributed by atoms with E-state index in [4.69, 9.17) is 10.5 Å². The first kappa shape index (κ1) is 18.3. The first-order valence-corrected chi connectivity index (χ1v) is 7.06. The number of carbonyl (C=O) groups excluding carboxylic acids is 2. The third kappa shape index (κ3) is 4.35. The summed E-state index contributed by atoms with van der Waals surface area (Å²) in [4.78, 5) is 25.2. The van der Waals surface area contributed by atoms with Crippen molar-refractivity contribution in [1.82, 2.24) is 10.2 Å². The van der Waals surface area contributed by atoms with Crippen LogP contribution in [0.15, 0.2) is 24.3 Å². The second-order valence-corrected chi connectivity index (χ2v) is 5.00. The molecule has 7 heteroatoms. The standard InChI is InChI=1S/C15H21N3O3.ClH/c1-21-12-5-2-4-11(8-12)13-6-3-7-18(13)15(20)10-17-14(19)9-16;/h2,4-5,8,13H,3,6-7,9-10,16H2,1H3,(H,17,19);1H. The molecule has 1 atom stereocenters. The molecule has 1 aromatic carbocycles. The number of benzene rings is 1. The minimum atomic E-state index is -0.319. The number of nitrogens with two attached hydrogens (primary N) is 1. The van der Waals surface area contributed by atoms with E-state index in [9.17, 15) is 9.59 Å². The molecule has 2 rings (SSSR count). The van der Waals surface area contributed by atoms with E-state index >= 15 is 0 Å². The molecule has 0 bridgehead atoms. The van der Waals surface area contributed by atoms with Gasteiger partial charge in [0.25, 0.3) is 0 Å². The van der Waals surface area contributed by atoms with Crippen molar-refractivity contribution in [3.63, 3.8) is 0 Å². The molecule has 6 nitrogen and oxygen atoms in total. The quantitative estimate of drug-likeness (QED) is 0.840. The number of halogens is 1. The highest BCUT2D eigenvalue weighted by atomic mass is 35.5. The average molecular weight is 328 g/mol. The second-order valence-electron chi connectivity index (χ2n) is 5.00. The zero-order valence-corrected chi connectivity index (χ0v) is 13.4. The van der Waals surface area contributed by atoms with Crippen molar-refractivity contribution >= 4 is 24.2 Å². The molecule has 1 unspecified atom stereocenters. The molecular formula is C15H22ClN3O3. The maximum atomic E-state index is 12.2. The predicted molar refractivity (Wildman–Crippen MR) is 86.0 cm³/mol. The number of nitrogens with zero attached hydrogens (tertiary/aromatic N) is 1. The largest absolute Gasteiger partial charge is 0.497 e. The van der Waals surface area contributed by atoms with Crippen molar-refractivity contribution in [2.75, 3.05) is 26.7 Å². The van der Waals surface area contributed by atoms with Crippen molar-refractivity contribution in [2.24, 2.45) is 5.73 Å². The van der Waals surface area contributed by atoms with Crippen LogP contribution in [0.1, 0.15) is 24.4 Å². The lowest BCUT2D eigenvalue weighted by molar-refractivity contribution is -0.133. The number of methoxy groups -OCH3 is 1. The Hall–Kier alpha value is -1.79. The van der Waals surface area contributed by atoms with Crippen molar-refractivity contribution < 1.29 is 14.3 Å². The number of nitrogens with one attached hydrogen (secondary N) is 1. The van der Waals surface area contributed by atoms with Crippen LogP contribution >= 0.6 is 12.4 Å². The van der Waals surface area contributed by atoms with Crippen LogP contribution in [0.5, 0.6) is 5.75 Å². The first-order valence-electron chi connectivity index (χ1n) is 7.06. The zero-order chi connectivity index (χ0) is 15.2. The molecule has 0 spiro atoms. The van der Waals surface area contributed by atoms with E-state index in [1.165, 1.54) is 0 Å². The third-order valence-electron chi connectivity index (χ3n) is 3.67. The van der Waals surface area contributed by atoms with Gasteiger partial charge in [-0.1, -0.05) is 12.1 Å². The molecule has 22 heavy (non-hydrogen) atoms. The van der Waals surface area contributed by atoms with Crippen LogP contribution in [0.4, 0.5) is 0 Å². The summed E-state index contributed by atoms with van der Waals surface area (Å²) in [6, 6.07) is 7.80. The van der Waals surface area contributed by atoms with Gasteiger partial charge in [0.15, 0.2) is 0 Å². The number of carbonyl (C=O) groups is 2. The summed E-state index contributed by atoms with van der Waals surface area (Å²) in [5.41, 5.74) is 6.27. The van der Waals surface area contributed by atoms with E-state index < -0.39 is 0 Å². The summed E-state index contributed by atoms with van der Waals surface area (Å²) in [7, 11) is 1.62. The highest BCUT2D eigenvalue weighted by Gasteiger charge is 2.29. The summed E-state index contributed by atoms with van der Waals surface area (Å²) >= 11 is 0. The van der Waals surface area contributed by atoms with Crippen LogP contribution in [0, 0.1) is 0 Å². The highest BCUT2D eigenvalue weighted by molar-refractivity contribution is 5.86. The van der Waals surface area contributed by atoms with E-state index in [0.717, 1.165) is 24.2 Å². The molecule has 0 aliphatic carbocycles. The molecule has 122 valence electrons. The smallest absolute Gasteiger partial charge is 0.242 e. The Morgan fingerprint density at radius 1 is 1.45 bits per heavy atom. The summed E-state index contributed by atoms with van der Waals surface area (Å²) in [5, 5.41) is 2.52. The van der Waals surface area contributed by atoms with E-state index in [1.54, 1.807) is 7.11 Å². The van der Waals surface area contributed by atoms with Crippen molar-refractivity contribution in [1.29, 1.82) is 0 Å². The maximum absolute atomic E-state index is 12.2. The normalized spacial score (nSPS) is 16.8. The topological polar surface area (TPSA) is 84.7 Å². The van der Waals surface area contributed by atoms with Gasteiger partial charge in [-0.05, 0) is 30.5 Å². The Balaban J connectivity index is 0.00000242. The molecule has 1 saturated heterocycles. The van der Waals surface area contributed by atoms with Gasteiger partial charge >= 0.3 is 0 Å². The number of amides is 2. The van der Waals surface area contributed by atoms with Gasteiger partial charge in [0.1, 0.15) is 5.75 Å². The van der Waals surface area contributed by atoms with Crippen LogP contribution < -0.4 is 15.8 Å². The SMILES string of the molecule is COc1cccc(C2CCCN2C(=O)CNC(=O)CN)c1.Cl. The summed E-state index contributed by atoms with van der Waals surface area (Å²) in [6.45, 7) is 0.600. The molecule has 1 aromatic rings. The summed E-state index contributed by atoms with van der Waals surface area (Å²) < 4.78 is 5.23. The average Bonchev–Trinajstić information content (AvgIpc) is 3.01. The molecule has 0 radical (unpaired) electrons. The minimum absolute atomic E-state index is 0. The molecule has 1 aliphatic heterocycles. The van der Waals surface area contributed by atoms with Gasteiger partial charge in [0.05, 0.1) is 26.2 Å². The molecular weight excluding hydrogens is 306 g/mol. The molecule has 1 aliphatic rings. The van der Waals surface area contributed by atoms with Gasteiger partial charge in [-0.3, -0.25) is 9.59 Å². The van der Waals surface area contributed by atoms with Crippen LogP contribution in [-0.2, 0) is 9.59 Å². The number of hydrogen-bond acceptors (Lipinski definition) is 4. The number of likely N-dealkylation sites (tertiary alicyclic amines) is 1. The van der Waals surface area contributed by atoms with E-state index in [1.807, 2.05) is 29.2 Å². The van der Waals surface area contributed by atoms with Crippen LogP contribution in [0.2, 0.25) is 0 Å². The fourth-order valence-corrected chi connectivity index (χ4v) is 2.61. The van der Waals surface area contributed by atoms with Crippen molar-refractivity contribution in [2.45, 2.75) is 18.9 Å². The summed E-state index contributed by atoms with van der Waals surface area (Å²) in [6.07, 6.45) is 1.88. The lowest BCUT2D eigenvalue weighted by Crippen LogP contribution is -2.41. The van der Waals surface area contributed by atoms with Crippen LogP contribution in [-0.4, -0.2) is 43.5 Å². The van der Waals surface area contributed by atoms with Gasteiger partial charge in [-0.15, -0.1) is 12.4 Å². The van der Waals surface area contributed by atoms with Gasteiger partial charge in [0.2, 0.25) is 11.8 Å². The Kier molecular flexibility index (Phi) is 7.14. The van der Waals surface area contributed by atoms with Gasteiger partial charge in [-0.2, -0.15) is 0 Å². The van der Waals surface area contributed by atoms with Crippen molar-refractivity contribution in [3.8, 4) is 5.75 Å². The maximum Gasteiger partial charge on any atom is 0.242 e. The first-order chi connectivity index (χ1) is 10.2. The Morgan fingerprint density at radius 2 is 2.23 bits per heavy atom. The zero-order valence-electron chi connectivity index (χ0n) is 12.6. The van der Waals surface area contributed by atoms with Gasteiger partial charge < -0.3 is 20.7 Å². The highest BCUT2D eigenvalue weighted by Crippen LogP contribution is 2.33. The van der Waals surface area contributed by atoms with Gasteiger partial charge in [-0.25, -0.2) is 0 Å². The minimum Gasteiger partial charge on any atom is -0.497 e. The fourth-order valence-electron chi connectivity index (χ4n) is 2.61. The fraction of sp³-hybridized carbons (Fsp3) is 0.467. The number of hydrogen-bond donors (Lipinski definition) is 2. The van der Waals surface area contributed by atoms with Crippen molar-refractivity contribution in [3.05, 3.63) is 29.8 Å². The third-order valence-corrected chi connectivity index (χ3v) is 3.67. The molecule has 0 saturated carbocycles. The van der Waals surface area contributed by atoms with Crippen LogP contribution in [0.3, 0.4) is 0 Å². The second kappa shape index (κ2) is 8.60. The molecule has 3 N–H and O–H groups in total. The molecule has 0 aromatic heterocycles. The summed E-state index contributed by atoms with van der Waals surface area (Å²) in [5.74, 6) is 0.380. The molecule has 1 fully saturated rings. The van der Waals surface area contributed by atoms with E-state index in [2.05, 4.69) is 5.32 Å². The Bertz CT molecular complexity index is 525. The molecule has 1 heterocycles. The lowest BCUT2D eigenvalue weighted by atomic mass is 10.0. The predicted octanol–water partition coefficient (Wildman–Crippen LogP) is 0.855. The number of rotatable bonds is 5.